The molecule has 2 atom stereocenters. The molecule has 5 nitrogen and oxygen atoms in total. The molecule has 17 heavy (non-hydrogen) atoms. The summed E-state index contributed by atoms with van der Waals surface area (Å²) in [5.41, 5.74) is 0.504. The average Bonchev–Trinajstić information content (AvgIpc) is 2.60. The van der Waals surface area contributed by atoms with E-state index >= 15 is 0 Å². The van der Waals surface area contributed by atoms with Crippen LogP contribution < -0.4 is 5.32 Å². The number of halogens is 2. The highest BCUT2D eigenvalue weighted by atomic mass is 79.9. The Morgan fingerprint density at radius 2 is 2.29 bits per heavy atom. The van der Waals surface area contributed by atoms with E-state index in [4.69, 9.17) is 4.74 Å². The molecule has 2 unspecified atom stereocenters. The summed E-state index contributed by atoms with van der Waals surface area (Å²) < 4.78 is 8.48. The Bertz CT molecular complexity index is 472. The van der Waals surface area contributed by atoms with Crippen LogP contribution in [-0.4, -0.2) is 30.1 Å². The maximum Gasteiger partial charge on any atom is 0.270 e. The van der Waals surface area contributed by atoms with Crippen molar-refractivity contribution in [1.82, 2.24) is 9.88 Å². The lowest BCUT2D eigenvalue weighted by atomic mass is 10.1. The lowest BCUT2D eigenvalue weighted by Gasteiger charge is -2.33. The van der Waals surface area contributed by atoms with Crippen molar-refractivity contribution in [1.29, 1.82) is 0 Å². The van der Waals surface area contributed by atoms with Crippen LogP contribution in [0.15, 0.2) is 15.1 Å². The second-order valence-electron chi connectivity index (χ2n) is 3.64. The summed E-state index contributed by atoms with van der Waals surface area (Å²) >= 11 is 6.74. The standard InChI is InChI=1S/C10H10Br2N2O3/c1-17-10-6(2-3-15)14-7(9(16)13-10)4-5(11)8(14)12/h3-4,6,10H,2H2,1H3,(H,13,16). The molecule has 0 bridgehead atoms. The Labute approximate surface area is 115 Å². The van der Waals surface area contributed by atoms with E-state index < -0.39 is 6.23 Å². The van der Waals surface area contributed by atoms with E-state index in [2.05, 4.69) is 37.2 Å². The van der Waals surface area contributed by atoms with Gasteiger partial charge in [0.2, 0.25) is 0 Å². The van der Waals surface area contributed by atoms with Crippen LogP contribution in [0.4, 0.5) is 0 Å². The van der Waals surface area contributed by atoms with Gasteiger partial charge in [0.25, 0.3) is 5.91 Å². The number of carbonyl (C=O) groups excluding carboxylic acids is 2. The van der Waals surface area contributed by atoms with Crippen LogP contribution in [0, 0.1) is 0 Å². The van der Waals surface area contributed by atoms with E-state index in [1.165, 1.54) is 7.11 Å². The second-order valence-corrected chi connectivity index (χ2v) is 5.24. The van der Waals surface area contributed by atoms with Crippen LogP contribution >= 0.6 is 31.9 Å². The third-order valence-corrected chi connectivity index (χ3v) is 4.66. The smallest absolute Gasteiger partial charge is 0.270 e. The maximum atomic E-state index is 11.8. The fraction of sp³-hybridized carbons (Fsp3) is 0.400. The van der Waals surface area contributed by atoms with Gasteiger partial charge in [-0.25, -0.2) is 0 Å². The van der Waals surface area contributed by atoms with Crippen LogP contribution in [0.25, 0.3) is 0 Å². The first-order valence-electron chi connectivity index (χ1n) is 4.93. The van der Waals surface area contributed by atoms with Gasteiger partial charge in [-0.3, -0.25) is 4.79 Å². The number of carbonyl (C=O) groups is 2. The number of ether oxygens (including phenoxy) is 1. The van der Waals surface area contributed by atoms with Crippen molar-refractivity contribution in [3.8, 4) is 0 Å². The van der Waals surface area contributed by atoms with E-state index in [0.29, 0.717) is 5.69 Å². The molecular formula is C10H10Br2N2O3. The van der Waals surface area contributed by atoms with Crippen LogP contribution in [0.5, 0.6) is 0 Å². The van der Waals surface area contributed by atoms with Crippen molar-refractivity contribution in [3.05, 3.63) is 20.8 Å². The van der Waals surface area contributed by atoms with Crippen molar-refractivity contribution in [2.45, 2.75) is 18.7 Å². The van der Waals surface area contributed by atoms with E-state index in [1.54, 1.807) is 10.6 Å². The van der Waals surface area contributed by atoms with Gasteiger partial charge in [0.1, 0.15) is 16.6 Å². The number of fused-ring (bicyclic) bond motifs is 1. The largest absolute Gasteiger partial charge is 0.359 e. The Hall–Kier alpha value is -0.660. The first kappa shape index (κ1) is 12.8. The predicted octanol–water partition coefficient (Wildman–Crippen LogP) is 1.86. The van der Waals surface area contributed by atoms with Crippen molar-refractivity contribution < 1.29 is 14.3 Å². The lowest BCUT2D eigenvalue weighted by Crippen LogP contribution is -2.48. The molecule has 0 aromatic carbocycles. The van der Waals surface area contributed by atoms with E-state index in [-0.39, 0.29) is 18.4 Å². The number of amides is 1. The second kappa shape index (κ2) is 4.91. The molecule has 1 N–H and O–H groups in total. The maximum absolute atomic E-state index is 11.8. The summed E-state index contributed by atoms with van der Waals surface area (Å²) in [7, 11) is 1.50. The molecule has 1 aromatic rings. The van der Waals surface area contributed by atoms with Crippen molar-refractivity contribution in [3.63, 3.8) is 0 Å². The topological polar surface area (TPSA) is 60.3 Å². The molecule has 92 valence electrons. The minimum Gasteiger partial charge on any atom is -0.359 e. The summed E-state index contributed by atoms with van der Waals surface area (Å²) in [6.45, 7) is 0. The fourth-order valence-corrected chi connectivity index (χ4v) is 2.92. The van der Waals surface area contributed by atoms with Crippen molar-refractivity contribution in [2.24, 2.45) is 0 Å². The molecule has 1 aliphatic heterocycles. The number of aromatic nitrogens is 1. The molecule has 0 saturated carbocycles. The summed E-state index contributed by atoms with van der Waals surface area (Å²) in [4.78, 5) is 22.6. The van der Waals surface area contributed by atoms with Crippen LogP contribution in [-0.2, 0) is 9.53 Å². The normalized spacial score (nSPS) is 23.1. The van der Waals surface area contributed by atoms with Crippen LogP contribution in [0.3, 0.4) is 0 Å². The number of rotatable bonds is 3. The molecule has 0 aliphatic carbocycles. The predicted molar refractivity (Wildman–Crippen MR) is 67.8 cm³/mol. The van der Waals surface area contributed by atoms with Gasteiger partial charge < -0.3 is 19.4 Å². The van der Waals surface area contributed by atoms with E-state index in [0.717, 1.165) is 15.4 Å². The van der Waals surface area contributed by atoms with E-state index in [1.807, 2.05) is 0 Å². The number of nitrogens with zero attached hydrogens (tertiary/aromatic N) is 1. The first-order valence-corrected chi connectivity index (χ1v) is 6.52. The van der Waals surface area contributed by atoms with Crippen LogP contribution in [0.1, 0.15) is 23.0 Å². The first-order chi connectivity index (χ1) is 8.10. The summed E-state index contributed by atoms with van der Waals surface area (Å²) in [5.74, 6) is -0.217. The number of aldehydes is 1. The van der Waals surface area contributed by atoms with Gasteiger partial charge in [-0.05, 0) is 37.9 Å². The molecule has 0 fully saturated rings. The number of hydrogen-bond donors (Lipinski definition) is 1. The van der Waals surface area contributed by atoms with Gasteiger partial charge in [0, 0.05) is 13.5 Å². The molecule has 7 heteroatoms. The highest BCUT2D eigenvalue weighted by Gasteiger charge is 2.35. The number of nitrogens with one attached hydrogen (secondary N) is 1. The number of hydrogen-bond acceptors (Lipinski definition) is 3. The molecule has 1 aromatic heterocycles. The minimum atomic E-state index is -0.504. The van der Waals surface area contributed by atoms with Crippen molar-refractivity contribution >= 4 is 44.1 Å². The third kappa shape index (κ3) is 2.07. The summed E-state index contributed by atoms with van der Waals surface area (Å²) in [5, 5.41) is 2.72. The van der Waals surface area contributed by atoms with Crippen LogP contribution in [0.2, 0.25) is 0 Å². The highest BCUT2D eigenvalue weighted by Crippen LogP contribution is 2.35. The Balaban J connectivity index is 2.54. The molecule has 2 heterocycles. The van der Waals surface area contributed by atoms with Gasteiger partial charge in [-0.15, -0.1) is 0 Å². The highest BCUT2D eigenvalue weighted by molar-refractivity contribution is 9.13. The van der Waals surface area contributed by atoms with Gasteiger partial charge in [0.05, 0.1) is 10.5 Å². The monoisotopic (exact) mass is 364 g/mol. The Kier molecular flexibility index (Phi) is 3.70. The van der Waals surface area contributed by atoms with E-state index in [9.17, 15) is 9.59 Å². The third-order valence-electron chi connectivity index (χ3n) is 2.71. The Morgan fingerprint density at radius 1 is 1.59 bits per heavy atom. The molecule has 2 rings (SSSR count). The zero-order valence-electron chi connectivity index (χ0n) is 8.94. The van der Waals surface area contributed by atoms with Gasteiger partial charge in [-0.1, -0.05) is 0 Å². The lowest BCUT2D eigenvalue weighted by molar-refractivity contribution is -0.109. The van der Waals surface area contributed by atoms with Crippen molar-refractivity contribution in [2.75, 3.05) is 7.11 Å². The molecule has 0 saturated heterocycles. The molecular weight excluding hydrogens is 356 g/mol. The zero-order chi connectivity index (χ0) is 12.6. The summed E-state index contributed by atoms with van der Waals surface area (Å²) in [6.07, 6.45) is 0.583. The minimum absolute atomic E-state index is 0.217. The number of methoxy groups -OCH3 is 1. The SMILES string of the molecule is COC1NC(=O)c2cc(Br)c(Br)n2C1CC=O. The average molecular weight is 366 g/mol. The molecule has 0 radical (unpaired) electrons. The van der Waals surface area contributed by atoms with Gasteiger partial charge in [0.15, 0.2) is 6.23 Å². The molecule has 0 spiro atoms. The van der Waals surface area contributed by atoms with Gasteiger partial charge in [-0.2, -0.15) is 0 Å². The summed E-state index contributed by atoms with van der Waals surface area (Å²) in [6, 6.07) is 1.47. The van der Waals surface area contributed by atoms with Gasteiger partial charge >= 0.3 is 0 Å². The molecule has 1 amide bonds. The zero-order valence-corrected chi connectivity index (χ0v) is 12.1. The molecule has 1 aliphatic rings. The fourth-order valence-electron chi connectivity index (χ4n) is 1.95. The quantitative estimate of drug-likeness (QED) is 0.831. The Morgan fingerprint density at radius 3 is 2.88 bits per heavy atom.